The number of ether oxygens (including phenoxy) is 4. The molecule has 5 atom stereocenters. The van der Waals surface area contributed by atoms with Crippen LogP contribution in [0.5, 0.6) is 28.7 Å². The number of hydrogen-bond donors (Lipinski definition) is 7. The molecular weight excluding hydrogens is 1530 g/mol. The monoisotopic (exact) mass is 1650 g/mol. The summed E-state index contributed by atoms with van der Waals surface area (Å²) in [6, 6.07) is 39.2. The number of nitrogens with two attached hydrogens (primary N) is 1. The standard InChI is InChI=1S/C19H33N3O2.C19H35N3O.C13H20N2O2.C12H18N2O2.C9H13NO.C4H9NO2.Al.BBr3.Li.4H/c1-6-22(7-2)13-8-14-24-18-11-9-17(10-12-18)16(3)20-19(23)15-21(4)5;1-6-22(7-2)14-8-16-23-19-11-9-18(10-12-19)17(3)20-13-15-21(4)5;1-10(14-13(16)9-15(2)3)11-5-7-12(17-4)8-6-11;1-9(13-12(16)8-14(2)3)10-4-6-11(15)7-5-10;1-7(10)8-3-5-9(11-2)6-4-8;1-5(2)3-4(6)7;;2-1(3)4;;;;;/h9-12,16H,6-8,13-15H2,1-5H3,(H,20,23);9-12,17,20H,6-8,13-16H2,1-5H3;5-8,10H,9H2,1-4H3,(H,14,16);4-7,9,15H,8H2,1-3H3,(H,13,16);3-7H,10H2,1-2H3;3H2,1-2H3,(H,6,7);;;;;;;/q;;;;;;;;+1;;;;-1. The van der Waals surface area contributed by atoms with Crippen molar-refractivity contribution in [2.75, 3.05) is 176 Å². The van der Waals surface area contributed by atoms with Gasteiger partial charge < -0.3 is 87.0 Å². The average molecular weight is 1660 g/mol. The number of nitrogens with zero attached hydrogens (tertiary/aromatic N) is 7. The van der Waals surface area contributed by atoms with Crippen molar-refractivity contribution >= 4 is 91.5 Å². The summed E-state index contributed by atoms with van der Waals surface area (Å²) in [5, 5.41) is 29.6. The van der Waals surface area contributed by atoms with Gasteiger partial charge in [-0.25, -0.2) is 0 Å². The number of phenolic OH excluding ortho intramolecular Hbond substituents is 1. The molecule has 8 N–H and O–H groups in total. The molecule has 0 bridgehead atoms. The number of carbonyl (C=O) groups excluding carboxylic acids is 3. The van der Waals surface area contributed by atoms with E-state index in [9.17, 15) is 19.2 Å². The maximum absolute atomic E-state index is 11.8. The minimum absolute atomic E-state index is 0. The van der Waals surface area contributed by atoms with Crippen LogP contribution in [0, 0.1) is 0 Å². The minimum atomic E-state index is -0.787. The first-order chi connectivity index (χ1) is 48.1. The summed E-state index contributed by atoms with van der Waals surface area (Å²) < 4.78 is 22.0. The predicted octanol–water partition coefficient (Wildman–Crippen LogP) is 7.55. The van der Waals surface area contributed by atoms with Crippen LogP contribution in [0.4, 0.5) is 0 Å². The fraction of sp³-hybridized carbons (Fsp3) is 0.553. The van der Waals surface area contributed by atoms with Crippen molar-refractivity contribution in [1.82, 2.24) is 55.6 Å². The molecule has 0 aliphatic heterocycles. The number of hydrogen-bond acceptors (Lipinski definition) is 18. The summed E-state index contributed by atoms with van der Waals surface area (Å²) in [6.45, 7) is 30.3. The van der Waals surface area contributed by atoms with Crippen molar-refractivity contribution in [3.8, 4) is 28.7 Å². The number of likely N-dealkylation sites (N-methyl/N-ethyl adjacent to an activating group) is 5. The third-order valence-corrected chi connectivity index (χ3v) is 14.9. The third kappa shape index (κ3) is 57.4. The quantitative estimate of drug-likeness (QED) is 0.0151. The van der Waals surface area contributed by atoms with Crippen molar-refractivity contribution in [2.24, 2.45) is 5.73 Å². The molecule has 0 spiro atoms. The largest absolute Gasteiger partial charge is 1.00 e. The van der Waals surface area contributed by atoms with E-state index < -0.39 is 5.97 Å². The molecule has 0 aliphatic carbocycles. The Hall–Kier alpha value is -4.75. The first kappa shape index (κ1) is 106. The van der Waals surface area contributed by atoms with Crippen molar-refractivity contribution in [3.05, 3.63) is 149 Å². The molecule has 0 aliphatic rings. The predicted molar refractivity (Wildman–Crippen MR) is 445 cm³/mol. The topological polar surface area (TPSA) is 242 Å². The number of aliphatic carboxylic acids is 1. The van der Waals surface area contributed by atoms with Crippen LogP contribution in [0.15, 0.2) is 121 Å². The first-order valence-corrected chi connectivity index (χ1v) is 37.6. The second kappa shape index (κ2) is 64.3. The third-order valence-electron chi connectivity index (χ3n) is 14.9. The van der Waals surface area contributed by atoms with Gasteiger partial charge in [0.05, 0.1) is 71.7 Å². The number of carbonyl (C=O) groups is 4. The van der Waals surface area contributed by atoms with Gasteiger partial charge in [-0.1, -0.05) is 88.4 Å². The molecule has 5 unspecified atom stereocenters. The molecule has 0 heterocycles. The van der Waals surface area contributed by atoms with E-state index in [1.54, 1.807) is 57.5 Å². The number of phenols is 1. The molecule has 5 rings (SSSR count). The molecule has 28 heteroatoms. The molecule has 584 valence electrons. The second-order valence-electron chi connectivity index (χ2n) is 25.5. The van der Waals surface area contributed by atoms with Crippen molar-refractivity contribution < 1.29 is 68.6 Å². The summed E-state index contributed by atoms with van der Waals surface area (Å²) in [7, 11) is 22.1. The molecular formula is C76H132AlBBr3LiN12O10. The Labute approximate surface area is 676 Å². The van der Waals surface area contributed by atoms with Crippen LogP contribution in [-0.2, 0) is 19.2 Å². The van der Waals surface area contributed by atoms with E-state index in [0.717, 1.165) is 124 Å². The summed E-state index contributed by atoms with van der Waals surface area (Å²) in [4.78, 5) is 58.8. The van der Waals surface area contributed by atoms with E-state index >= 15 is 0 Å². The Morgan fingerprint density at radius 3 is 0.962 bits per heavy atom. The van der Waals surface area contributed by atoms with E-state index in [1.165, 1.54) is 5.56 Å². The Morgan fingerprint density at radius 2 is 0.721 bits per heavy atom. The molecule has 0 aromatic heterocycles. The number of carboxylic acid groups (broad SMARTS) is 1. The van der Waals surface area contributed by atoms with Gasteiger partial charge >= 0.3 is 28.0 Å². The van der Waals surface area contributed by atoms with Crippen LogP contribution >= 0.6 is 47.3 Å². The molecule has 0 saturated carbocycles. The van der Waals surface area contributed by atoms with Gasteiger partial charge in [-0.3, -0.25) is 24.1 Å². The number of carboxylic acids is 1. The Kier molecular flexibility index (Phi) is 65.3. The minimum Gasteiger partial charge on any atom is -1.00 e. The Bertz CT molecular complexity index is 2920. The molecule has 0 fully saturated rings. The zero-order chi connectivity index (χ0) is 77.7. The number of nitrogens with one attached hydrogen (secondary N) is 4. The van der Waals surface area contributed by atoms with Gasteiger partial charge in [-0.15, -0.1) is 47.3 Å². The van der Waals surface area contributed by atoms with Gasteiger partial charge in [0.15, 0.2) is 17.4 Å². The number of aromatic hydroxyl groups is 1. The van der Waals surface area contributed by atoms with Crippen LogP contribution in [0.1, 0.15) is 135 Å². The fourth-order valence-electron chi connectivity index (χ4n) is 9.17. The molecule has 5 aromatic carbocycles. The van der Waals surface area contributed by atoms with E-state index in [-0.39, 0.29) is 95.0 Å². The number of methoxy groups -OCH3 is 2. The van der Waals surface area contributed by atoms with Gasteiger partial charge in [0.25, 0.3) is 0 Å². The van der Waals surface area contributed by atoms with E-state index in [2.05, 4.69) is 156 Å². The normalized spacial score (nSPS) is 11.9. The molecule has 0 radical (unpaired) electrons. The number of halogens is 3. The van der Waals surface area contributed by atoms with Crippen molar-refractivity contribution in [1.29, 1.82) is 0 Å². The van der Waals surface area contributed by atoms with E-state index in [1.807, 2.05) is 157 Å². The fourth-order valence-corrected chi connectivity index (χ4v) is 9.17. The van der Waals surface area contributed by atoms with Gasteiger partial charge in [0.1, 0.15) is 28.7 Å². The summed E-state index contributed by atoms with van der Waals surface area (Å²) >= 11 is 9.31. The maximum atomic E-state index is 11.8. The number of amides is 3. The van der Waals surface area contributed by atoms with Crippen LogP contribution in [0.3, 0.4) is 0 Å². The second-order valence-corrected chi connectivity index (χ2v) is 31.9. The smallest absolute Gasteiger partial charge is 1.00 e. The van der Waals surface area contributed by atoms with E-state index in [4.69, 9.17) is 34.9 Å². The summed E-state index contributed by atoms with van der Waals surface area (Å²) in [5.74, 6) is 3.03. The molecule has 3 amide bonds. The molecule has 5 aromatic rings. The first-order valence-electron chi connectivity index (χ1n) is 34.9. The van der Waals surface area contributed by atoms with E-state index in [0.29, 0.717) is 25.7 Å². The molecule has 0 saturated heterocycles. The van der Waals surface area contributed by atoms with Gasteiger partial charge in [-0.05, 0) is 233 Å². The van der Waals surface area contributed by atoms with Crippen LogP contribution in [-0.4, -0.2) is 265 Å². The Balaban J connectivity index is -0.000000386. The number of benzene rings is 5. The summed E-state index contributed by atoms with van der Waals surface area (Å²) in [5.41, 5.74) is 11.2. The zero-order valence-corrected chi connectivity index (χ0v) is 71.1. The number of rotatable bonds is 36. The SMILES string of the molecule is BrB(Br)Br.CC(NC(=O)CN(C)C)c1ccc(O)cc1.CCN(CC)CCCOc1ccc(C(C)NC(=O)CN(C)C)cc1.CCN(CC)CCCOc1ccc(C(C)NCCN(C)C)cc1.CN(C)CC(=O)O.COc1ccc(C(C)N)cc1.COc1ccc(C(C)NC(=O)CN(C)C)cc1.[AlH3].[H-].[Li+]. The Morgan fingerprint density at radius 1 is 0.452 bits per heavy atom. The van der Waals surface area contributed by atoms with Crippen molar-refractivity contribution in [2.45, 2.75) is 105 Å². The van der Waals surface area contributed by atoms with Gasteiger partial charge in [0, 0.05) is 38.3 Å². The zero-order valence-electron chi connectivity index (χ0n) is 67.3. The summed E-state index contributed by atoms with van der Waals surface area (Å²) in [6.07, 6.45) is 2.10. The van der Waals surface area contributed by atoms with Crippen LogP contribution in [0.25, 0.3) is 0 Å². The molecule has 22 nitrogen and oxygen atoms in total. The molecule has 104 heavy (non-hydrogen) atoms. The van der Waals surface area contributed by atoms with Crippen LogP contribution < -0.4 is 64.8 Å². The van der Waals surface area contributed by atoms with Gasteiger partial charge in [0.2, 0.25) is 17.7 Å². The average Bonchev–Trinajstić information content (AvgIpc) is 0.909. The van der Waals surface area contributed by atoms with Crippen molar-refractivity contribution in [3.63, 3.8) is 0 Å². The van der Waals surface area contributed by atoms with Gasteiger partial charge in [-0.2, -0.15) is 0 Å². The van der Waals surface area contributed by atoms with Crippen LogP contribution in [0.2, 0.25) is 0 Å². The maximum Gasteiger partial charge on any atom is 1.00 e.